The van der Waals surface area contributed by atoms with E-state index in [-0.39, 0.29) is 23.3 Å². The molecule has 4 heterocycles. The quantitative estimate of drug-likeness (QED) is 0.613. The smallest absolute Gasteiger partial charge is 0.222 e. The molecule has 2 saturated heterocycles. The number of benzene rings is 1. The number of amides is 2. The van der Waals surface area contributed by atoms with Crippen LogP contribution in [0.2, 0.25) is 0 Å². The van der Waals surface area contributed by atoms with Gasteiger partial charge < -0.3 is 15.2 Å². The van der Waals surface area contributed by atoms with Gasteiger partial charge in [0.2, 0.25) is 11.8 Å². The number of H-pyrrole nitrogens is 1. The molecule has 0 spiro atoms. The fourth-order valence-corrected chi connectivity index (χ4v) is 5.87. The van der Waals surface area contributed by atoms with Crippen molar-refractivity contribution in [3.05, 3.63) is 52.5 Å². The molecule has 2 N–H and O–H groups in total. The molecule has 0 aliphatic carbocycles. The number of rotatable bonds is 6. The summed E-state index contributed by atoms with van der Waals surface area (Å²) in [7, 11) is 0. The van der Waals surface area contributed by atoms with E-state index >= 15 is 0 Å². The van der Waals surface area contributed by atoms with Crippen molar-refractivity contribution >= 4 is 34.2 Å². The number of hydrogen-bond donors (Lipinski definition) is 2. The molecule has 0 saturated carbocycles. The third-order valence-corrected chi connectivity index (χ3v) is 7.59. The first-order valence-corrected chi connectivity index (χ1v) is 12.0. The van der Waals surface area contributed by atoms with Gasteiger partial charge in [-0.15, -0.1) is 11.3 Å². The van der Waals surface area contributed by atoms with Crippen LogP contribution in [0.5, 0.6) is 0 Å². The number of fused-ring (bicyclic) bond motifs is 1. The lowest BCUT2D eigenvalue weighted by Crippen LogP contribution is -2.45. The van der Waals surface area contributed by atoms with Crippen LogP contribution in [0.25, 0.3) is 11.0 Å². The van der Waals surface area contributed by atoms with Crippen molar-refractivity contribution in [2.45, 2.75) is 56.4 Å². The van der Waals surface area contributed by atoms with Gasteiger partial charge in [0.15, 0.2) is 0 Å². The first kappa shape index (κ1) is 20.2. The van der Waals surface area contributed by atoms with E-state index in [0.29, 0.717) is 25.8 Å². The zero-order valence-corrected chi connectivity index (χ0v) is 18.4. The van der Waals surface area contributed by atoms with Gasteiger partial charge in [-0.05, 0) is 49.3 Å². The van der Waals surface area contributed by atoms with Crippen LogP contribution >= 0.6 is 11.3 Å². The number of imidazole rings is 1. The van der Waals surface area contributed by atoms with E-state index in [1.165, 1.54) is 4.88 Å². The molecule has 2 aromatic heterocycles. The summed E-state index contributed by atoms with van der Waals surface area (Å²) in [5.74, 6) is 1.52. The Kier molecular flexibility index (Phi) is 5.52. The number of aromatic nitrogens is 2. The Morgan fingerprint density at radius 1 is 1.26 bits per heavy atom. The molecule has 31 heavy (non-hydrogen) atoms. The number of likely N-dealkylation sites (tertiary alicyclic amines) is 1. The minimum atomic E-state index is -0.286. The van der Waals surface area contributed by atoms with Gasteiger partial charge in [-0.25, -0.2) is 4.98 Å². The molecule has 2 aliphatic heterocycles. The van der Waals surface area contributed by atoms with Crippen LogP contribution < -0.4 is 5.32 Å². The van der Waals surface area contributed by atoms with Gasteiger partial charge in [0.05, 0.1) is 11.0 Å². The van der Waals surface area contributed by atoms with E-state index in [9.17, 15) is 9.59 Å². The zero-order chi connectivity index (χ0) is 21.3. The molecule has 2 unspecified atom stereocenters. The number of nitrogens with one attached hydrogen (secondary N) is 2. The summed E-state index contributed by atoms with van der Waals surface area (Å²) in [5, 5.41) is 5.26. The standard InChI is InChI=1S/C24H28N4O2S/c29-21-9-11-24(27-21,15-18-6-4-14-31-18)12-10-22(30)28-13-3-5-17(16-28)23-25-19-7-1-2-8-20(19)26-23/h1-2,4,6-8,14,17H,3,5,9-13,15-16H2,(H,25,26)(H,27,29). The van der Waals surface area contributed by atoms with Gasteiger partial charge in [0, 0.05) is 48.7 Å². The van der Waals surface area contributed by atoms with Gasteiger partial charge in [-0.2, -0.15) is 0 Å². The lowest BCUT2D eigenvalue weighted by atomic mass is 9.87. The van der Waals surface area contributed by atoms with Gasteiger partial charge in [-0.1, -0.05) is 18.2 Å². The van der Waals surface area contributed by atoms with Gasteiger partial charge in [-0.3, -0.25) is 9.59 Å². The lowest BCUT2D eigenvalue weighted by molar-refractivity contribution is -0.133. The second-order valence-electron chi connectivity index (χ2n) is 8.90. The Balaban J connectivity index is 1.23. The molecule has 0 radical (unpaired) electrons. The fourth-order valence-electron chi connectivity index (χ4n) is 5.03. The number of carbonyl (C=O) groups is 2. The summed E-state index contributed by atoms with van der Waals surface area (Å²) in [4.78, 5) is 36.6. The van der Waals surface area contributed by atoms with Gasteiger partial charge in [0.1, 0.15) is 5.82 Å². The lowest BCUT2D eigenvalue weighted by Gasteiger charge is -2.34. The number of nitrogens with zero attached hydrogens (tertiary/aromatic N) is 2. The molecule has 2 fully saturated rings. The third-order valence-electron chi connectivity index (χ3n) is 6.71. The van der Waals surface area contributed by atoms with Crippen molar-refractivity contribution in [2.75, 3.05) is 13.1 Å². The number of hydrogen-bond acceptors (Lipinski definition) is 4. The highest BCUT2D eigenvalue weighted by molar-refractivity contribution is 7.09. The van der Waals surface area contributed by atoms with Crippen LogP contribution in [0.15, 0.2) is 41.8 Å². The van der Waals surface area contributed by atoms with Crippen LogP contribution in [0.3, 0.4) is 0 Å². The molecule has 2 amide bonds. The van der Waals surface area contributed by atoms with Gasteiger partial charge in [0.25, 0.3) is 0 Å². The Hall–Kier alpha value is -2.67. The predicted molar refractivity (Wildman–Crippen MR) is 122 cm³/mol. The summed E-state index contributed by atoms with van der Waals surface area (Å²) < 4.78 is 0. The topological polar surface area (TPSA) is 78.1 Å². The Morgan fingerprint density at radius 3 is 2.94 bits per heavy atom. The van der Waals surface area contributed by atoms with E-state index in [4.69, 9.17) is 4.98 Å². The number of aromatic amines is 1. The molecule has 6 nitrogen and oxygen atoms in total. The van der Waals surface area contributed by atoms with Crippen LogP contribution in [0.1, 0.15) is 55.1 Å². The minimum Gasteiger partial charge on any atom is -0.350 e. The van der Waals surface area contributed by atoms with Crippen molar-refractivity contribution in [2.24, 2.45) is 0 Å². The molecular formula is C24H28N4O2S. The first-order chi connectivity index (χ1) is 15.1. The van der Waals surface area contributed by atoms with Crippen molar-refractivity contribution in [3.8, 4) is 0 Å². The normalized spacial score (nSPS) is 23.9. The van der Waals surface area contributed by atoms with E-state index in [2.05, 4.69) is 21.7 Å². The monoisotopic (exact) mass is 436 g/mol. The fraction of sp³-hybridized carbons (Fsp3) is 0.458. The van der Waals surface area contributed by atoms with Crippen molar-refractivity contribution in [1.82, 2.24) is 20.2 Å². The first-order valence-electron chi connectivity index (χ1n) is 11.2. The van der Waals surface area contributed by atoms with Crippen LogP contribution in [-0.4, -0.2) is 45.3 Å². The van der Waals surface area contributed by atoms with Crippen molar-refractivity contribution < 1.29 is 9.59 Å². The second-order valence-corrected chi connectivity index (χ2v) is 9.93. The predicted octanol–water partition coefficient (Wildman–Crippen LogP) is 4.00. The highest BCUT2D eigenvalue weighted by Gasteiger charge is 2.38. The Bertz CT molecular complexity index is 1040. The molecule has 0 bridgehead atoms. The maximum absolute atomic E-state index is 13.1. The highest BCUT2D eigenvalue weighted by atomic mass is 32.1. The van der Waals surface area contributed by atoms with E-state index in [0.717, 1.165) is 49.1 Å². The molecule has 3 aromatic rings. The maximum Gasteiger partial charge on any atom is 0.222 e. The van der Waals surface area contributed by atoms with Crippen molar-refractivity contribution in [3.63, 3.8) is 0 Å². The van der Waals surface area contributed by atoms with E-state index in [1.807, 2.05) is 35.2 Å². The zero-order valence-electron chi connectivity index (χ0n) is 17.6. The molecule has 1 aromatic carbocycles. The minimum absolute atomic E-state index is 0.104. The Labute approximate surface area is 186 Å². The average Bonchev–Trinajstić information content (AvgIpc) is 3.53. The summed E-state index contributed by atoms with van der Waals surface area (Å²) in [6.45, 7) is 1.52. The molecule has 162 valence electrons. The highest BCUT2D eigenvalue weighted by Crippen LogP contribution is 2.32. The summed E-state index contributed by atoms with van der Waals surface area (Å²) in [5.41, 5.74) is 1.74. The molecular weight excluding hydrogens is 408 g/mol. The maximum atomic E-state index is 13.1. The average molecular weight is 437 g/mol. The summed E-state index contributed by atoms with van der Waals surface area (Å²) in [6, 6.07) is 12.2. The molecule has 5 rings (SSSR count). The summed E-state index contributed by atoms with van der Waals surface area (Å²) >= 11 is 1.71. The molecule has 2 aliphatic rings. The number of piperidine rings is 1. The van der Waals surface area contributed by atoms with E-state index in [1.54, 1.807) is 11.3 Å². The van der Waals surface area contributed by atoms with Crippen molar-refractivity contribution in [1.29, 1.82) is 0 Å². The largest absolute Gasteiger partial charge is 0.350 e. The number of carbonyl (C=O) groups excluding carboxylic acids is 2. The van der Waals surface area contributed by atoms with E-state index < -0.39 is 0 Å². The van der Waals surface area contributed by atoms with Crippen LogP contribution in [-0.2, 0) is 16.0 Å². The Morgan fingerprint density at radius 2 is 2.16 bits per heavy atom. The second kappa shape index (κ2) is 8.46. The van der Waals surface area contributed by atoms with Crippen LogP contribution in [0.4, 0.5) is 0 Å². The van der Waals surface area contributed by atoms with Crippen LogP contribution in [0, 0.1) is 0 Å². The number of para-hydroxylation sites is 2. The third kappa shape index (κ3) is 4.37. The SMILES string of the molecule is O=C1CCC(CCC(=O)N2CCCC(c3nc4ccccc4[nH]3)C2)(Cc2cccs2)N1. The molecule has 7 heteroatoms. The molecule has 2 atom stereocenters. The number of thiophene rings is 1. The van der Waals surface area contributed by atoms with Gasteiger partial charge >= 0.3 is 0 Å². The summed E-state index contributed by atoms with van der Waals surface area (Å²) in [6.07, 6.45) is 5.37.